The van der Waals surface area contributed by atoms with Crippen LogP contribution in [0.25, 0.3) is 0 Å². The second-order valence-corrected chi connectivity index (χ2v) is 6.78. The third kappa shape index (κ3) is 22.6. The molecule has 180 valence electrons. The monoisotopic (exact) mass is 560 g/mol. The van der Waals surface area contributed by atoms with Crippen LogP contribution in [0.2, 0.25) is 0 Å². The van der Waals surface area contributed by atoms with Crippen LogP contribution in [-0.4, -0.2) is 55.3 Å². The van der Waals surface area contributed by atoms with Gasteiger partial charge < -0.3 is 24.1 Å². The van der Waals surface area contributed by atoms with Crippen LogP contribution in [0.3, 0.4) is 0 Å². The first-order valence-corrected chi connectivity index (χ1v) is 10.8. The zero-order chi connectivity index (χ0) is 24.8. The average molecular weight is 559 g/mol. The fourth-order valence-electron chi connectivity index (χ4n) is 1.78. The first kappa shape index (κ1) is 35.3. The van der Waals surface area contributed by atoms with Crippen LogP contribution in [0.15, 0.2) is 84.3 Å². The van der Waals surface area contributed by atoms with E-state index >= 15 is 0 Å². The van der Waals surface area contributed by atoms with E-state index in [1.165, 1.54) is 38.8 Å². The summed E-state index contributed by atoms with van der Waals surface area (Å²) in [5, 5.41) is 17.7. The molecular formula is C28H40O4Sn. The number of allylic oxidation sites excluding steroid dienone is 4. The summed E-state index contributed by atoms with van der Waals surface area (Å²) >= 11 is 0. The van der Waals surface area contributed by atoms with E-state index in [0.717, 1.165) is 12.8 Å². The summed E-state index contributed by atoms with van der Waals surface area (Å²) in [7, 11) is 0. The second-order valence-electron chi connectivity index (χ2n) is 6.78. The van der Waals surface area contributed by atoms with Crippen LogP contribution in [0, 0.1) is 13.8 Å². The predicted molar refractivity (Wildman–Crippen MR) is 144 cm³/mol. The van der Waals surface area contributed by atoms with Crippen LogP contribution in [0.1, 0.15) is 64.5 Å². The smallest absolute Gasteiger partial charge is 0.350 e. The largest absolute Gasteiger partial charge is 0.512 e. The molecule has 0 saturated heterocycles. The molecule has 4 radical (unpaired) electrons. The van der Waals surface area contributed by atoms with Gasteiger partial charge in [-0.05, 0) is 38.1 Å². The number of carbonyl (C=O) groups excluding carboxylic acids is 2. The van der Waals surface area contributed by atoms with Crippen molar-refractivity contribution < 1.29 is 19.8 Å². The van der Waals surface area contributed by atoms with Crippen molar-refractivity contribution in [3.63, 3.8) is 0 Å². The molecule has 33 heavy (non-hydrogen) atoms. The summed E-state index contributed by atoms with van der Waals surface area (Å²) in [6.45, 7) is 14.5. The second kappa shape index (κ2) is 24.3. The fourth-order valence-corrected chi connectivity index (χ4v) is 1.78. The van der Waals surface area contributed by atoms with E-state index in [4.69, 9.17) is 10.2 Å². The SMILES string of the molecule is C/C(O)=C/C(=[OH+])c1ccccc1.C/C(O)=C/C(=[OH+])c1ccccc1.[CH2-]CCC.[CH2-]CCC.[Sn]. The molecule has 0 atom stereocenters. The molecule has 0 bridgehead atoms. The maximum absolute atomic E-state index is 9.37. The molecule has 0 saturated carbocycles. The topological polar surface area (TPSA) is 83.3 Å². The first-order valence-electron chi connectivity index (χ1n) is 10.8. The Hall–Kier alpha value is -2.34. The zero-order valence-corrected chi connectivity index (χ0v) is 23.3. The molecule has 2 rings (SSSR count). The van der Waals surface area contributed by atoms with Gasteiger partial charge in [-0.1, -0.05) is 63.1 Å². The molecule has 4 nitrogen and oxygen atoms in total. The number of hydrogen-bond acceptors (Lipinski definition) is 2. The van der Waals surface area contributed by atoms with Gasteiger partial charge in [0, 0.05) is 23.9 Å². The normalized spacial score (nSPS) is 10.0. The molecule has 0 heterocycles. The van der Waals surface area contributed by atoms with E-state index in [1.807, 2.05) is 36.4 Å². The molecule has 0 amide bonds. The van der Waals surface area contributed by atoms with Gasteiger partial charge in [-0.15, -0.1) is 0 Å². The summed E-state index contributed by atoms with van der Waals surface area (Å²) < 4.78 is 0. The average Bonchev–Trinajstić information content (AvgIpc) is 2.80. The Morgan fingerprint density at radius 3 is 1.12 bits per heavy atom. The van der Waals surface area contributed by atoms with Crippen molar-refractivity contribution in [2.45, 2.75) is 53.4 Å². The number of benzene rings is 2. The van der Waals surface area contributed by atoms with Gasteiger partial charge in [0.25, 0.3) is 0 Å². The Kier molecular flexibility index (Phi) is 26.0. The van der Waals surface area contributed by atoms with E-state index in [-0.39, 0.29) is 47.0 Å². The van der Waals surface area contributed by atoms with Gasteiger partial charge in [-0.25, -0.2) is 0 Å². The first-order chi connectivity index (χ1) is 15.2. The van der Waals surface area contributed by atoms with E-state index in [1.54, 1.807) is 24.3 Å². The molecule has 2 aromatic rings. The van der Waals surface area contributed by atoms with Gasteiger partial charge >= 0.3 is 11.6 Å². The van der Waals surface area contributed by atoms with Gasteiger partial charge in [0.1, 0.15) is 0 Å². The Morgan fingerprint density at radius 2 is 0.939 bits per heavy atom. The van der Waals surface area contributed by atoms with Crippen molar-refractivity contribution in [3.05, 3.63) is 109 Å². The number of unbranched alkanes of at least 4 members (excludes halogenated alkanes) is 2. The number of aliphatic hydroxyl groups is 2. The summed E-state index contributed by atoms with van der Waals surface area (Å²) in [6.07, 6.45) is 7.19. The fraction of sp³-hybridized carbons (Fsp3) is 0.286. The standard InChI is InChI=1S/2C10H10O2.2C4H9.Sn/c2*1-8(11)7-10(12)9-5-3-2-4-6-9;2*1-3-4-2;/h2*2-7,11H,1H3;2*1,3-4H2,2H3;/q;;2*-1;/p+2/b2*8-7-;;;. The molecule has 0 aliphatic heterocycles. The Morgan fingerprint density at radius 1 is 0.697 bits per heavy atom. The van der Waals surface area contributed by atoms with Gasteiger partial charge in [-0.3, -0.25) is 9.59 Å². The van der Waals surface area contributed by atoms with Crippen molar-refractivity contribution in [2.24, 2.45) is 0 Å². The van der Waals surface area contributed by atoms with Gasteiger partial charge in [0.2, 0.25) is 0 Å². The Balaban J connectivity index is -0.000000405. The number of ketones is 2. The predicted octanol–water partition coefficient (Wildman–Crippen LogP) is 6.94. The maximum Gasteiger partial charge on any atom is 0.350 e. The Labute approximate surface area is 217 Å². The molecule has 0 aromatic heterocycles. The van der Waals surface area contributed by atoms with Crippen molar-refractivity contribution in [3.8, 4) is 0 Å². The van der Waals surface area contributed by atoms with Gasteiger partial charge in [0.15, 0.2) is 0 Å². The quantitative estimate of drug-likeness (QED) is 0.100. The molecule has 0 unspecified atom stereocenters. The summed E-state index contributed by atoms with van der Waals surface area (Å²) in [4.78, 5) is 18.7. The summed E-state index contributed by atoms with van der Waals surface area (Å²) in [5.41, 5.74) is 1.40. The minimum atomic E-state index is 0. The van der Waals surface area contributed by atoms with E-state index < -0.39 is 0 Å². The van der Waals surface area contributed by atoms with Crippen LogP contribution < -0.4 is 0 Å². The minimum Gasteiger partial charge on any atom is -0.512 e. The van der Waals surface area contributed by atoms with E-state index in [2.05, 4.69) is 27.7 Å². The van der Waals surface area contributed by atoms with Crippen LogP contribution in [0.4, 0.5) is 0 Å². The van der Waals surface area contributed by atoms with Crippen molar-refractivity contribution in [1.82, 2.24) is 0 Å². The van der Waals surface area contributed by atoms with E-state index in [9.17, 15) is 9.59 Å². The molecule has 4 N–H and O–H groups in total. The van der Waals surface area contributed by atoms with Crippen molar-refractivity contribution >= 4 is 35.5 Å². The number of hydrogen-bond donors (Lipinski definition) is 2. The molecule has 5 heteroatoms. The van der Waals surface area contributed by atoms with Crippen LogP contribution in [-0.2, 0) is 0 Å². The van der Waals surface area contributed by atoms with E-state index in [0.29, 0.717) is 11.1 Å². The van der Waals surface area contributed by atoms with Crippen LogP contribution >= 0.6 is 0 Å². The third-order valence-corrected chi connectivity index (χ3v) is 3.54. The molecule has 2 aromatic carbocycles. The molecular weight excluding hydrogens is 519 g/mol. The van der Waals surface area contributed by atoms with Crippen LogP contribution in [0.5, 0.6) is 0 Å². The van der Waals surface area contributed by atoms with Gasteiger partial charge in [-0.2, -0.15) is 12.8 Å². The number of aliphatic hydroxyl groups excluding tert-OH is 2. The summed E-state index contributed by atoms with van der Waals surface area (Å²) in [5.74, 6) is 0.346. The third-order valence-electron chi connectivity index (χ3n) is 3.54. The zero-order valence-electron chi connectivity index (χ0n) is 20.5. The molecule has 0 fully saturated rings. The van der Waals surface area contributed by atoms with Crippen molar-refractivity contribution in [1.29, 1.82) is 0 Å². The molecule has 0 aliphatic carbocycles. The molecule has 0 spiro atoms. The minimum absolute atomic E-state index is 0. The maximum atomic E-state index is 9.37. The van der Waals surface area contributed by atoms with Crippen molar-refractivity contribution in [2.75, 3.05) is 0 Å². The van der Waals surface area contributed by atoms with Gasteiger partial charge in [0.05, 0.1) is 34.8 Å². The number of rotatable bonds is 6. The Bertz CT molecular complexity index is 716. The molecule has 0 aliphatic rings. The summed E-state index contributed by atoms with van der Waals surface area (Å²) in [6, 6.07) is 18.1.